The first kappa shape index (κ1) is 15.0. The zero-order chi connectivity index (χ0) is 14.9. The molecule has 2 fully saturated rings. The average Bonchev–Trinajstić information content (AvgIpc) is 2.99. The van der Waals surface area contributed by atoms with Crippen LogP contribution in [-0.2, 0) is 21.3 Å². The van der Waals surface area contributed by atoms with Gasteiger partial charge >= 0.3 is 0 Å². The van der Waals surface area contributed by atoms with E-state index in [2.05, 4.69) is 15.1 Å². The van der Waals surface area contributed by atoms with Crippen LogP contribution in [0.5, 0.6) is 0 Å². The van der Waals surface area contributed by atoms with E-state index in [4.69, 9.17) is 4.74 Å². The summed E-state index contributed by atoms with van der Waals surface area (Å²) in [6.45, 7) is 2.02. The SMILES string of the molecule is CNCCn1cc(S(=O)(=O)NC2CCOC2C2CC2)cn1. The Morgan fingerprint density at radius 2 is 2.24 bits per heavy atom. The van der Waals surface area contributed by atoms with Gasteiger partial charge in [0, 0.05) is 19.3 Å². The summed E-state index contributed by atoms with van der Waals surface area (Å²) in [4.78, 5) is 0.222. The second-order valence-electron chi connectivity index (χ2n) is 5.73. The second kappa shape index (κ2) is 6.04. The molecule has 1 aromatic heterocycles. The number of rotatable bonds is 7. The highest BCUT2D eigenvalue weighted by Gasteiger charge is 2.42. The molecule has 8 heteroatoms. The molecule has 0 amide bonds. The van der Waals surface area contributed by atoms with Crippen molar-refractivity contribution in [1.29, 1.82) is 0 Å². The fourth-order valence-corrected chi connectivity index (χ4v) is 3.96. The highest BCUT2D eigenvalue weighted by molar-refractivity contribution is 7.89. The van der Waals surface area contributed by atoms with Crippen molar-refractivity contribution in [3.05, 3.63) is 12.4 Å². The maximum absolute atomic E-state index is 12.4. The lowest BCUT2D eigenvalue weighted by Crippen LogP contribution is -2.41. The van der Waals surface area contributed by atoms with E-state index in [0.29, 0.717) is 19.1 Å². The summed E-state index contributed by atoms with van der Waals surface area (Å²) in [7, 11) is -1.67. The van der Waals surface area contributed by atoms with Crippen molar-refractivity contribution in [1.82, 2.24) is 19.8 Å². The maximum Gasteiger partial charge on any atom is 0.244 e. The van der Waals surface area contributed by atoms with E-state index < -0.39 is 10.0 Å². The first-order valence-electron chi connectivity index (χ1n) is 7.41. The van der Waals surface area contributed by atoms with E-state index in [1.54, 1.807) is 10.9 Å². The first-order chi connectivity index (χ1) is 10.1. The lowest BCUT2D eigenvalue weighted by molar-refractivity contribution is 0.0848. The summed E-state index contributed by atoms with van der Waals surface area (Å²) in [5.74, 6) is 0.526. The highest BCUT2D eigenvalue weighted by Crippen LogP contribution is 2.39. The first-order valence-corrected chi connectivity index (χ1v) is 8.89. The average molecular weight is 314 g/mol. The van der Waals surface area contributed by atoms with Gasteiger partial charge < -0.3 is 10.1 Å². The zero-order valence-corrected chi connectivity index (χ0v) is 13.0. The van der Waals surface area contributed by atoms with E-state index in [1.165, 1.54) is 6.20 Å². The molecule has 0 bridgehead atoms. The third-order valence-electron chi connectivity index (χ3n) is 4.04. The van der Waals surface area contributed by atoms with Gasteiger partial charge in [0.1, 0.15) is 4.90 Å². The minimum Gasteiger partial charge on any atom is -0.376 e. The minimum atomic E-state index is -3.52. The molecule has 1 saturated heterocycles. The van der Waals surface area contributed by atoms with Crippen LogP contribution < -0.4 is 10.0 Å². The van der Waals surface area contributed by atoms with Gasteiger partial charge in [0.2, 0.25) is 10.0 Å². The third kappa shape index (κ3) is 3.45. The second-order valence-corrected chi connectivity index (χ2v) is 7.45. The largest absolute Gasteiger partial charge is 0.376 e. The molecule has 0 aromatic carbocycles. The summed E-state index contributed by atoms with van der Waals surface area (Å²) in [5, 5.41) is 7.09. The van der Waals surface area contributed by atoms with E-state index >= 15 is 0 Å². The van der Waals surface area contributed by atoms with Crippen LogP contribution in [0.25, 0.3) is 0 Å². The van der Waals surface area contributed by atoms with Crippen LogP contribution in [0.4, 0.5) is 0 Å². The van der Waals surface area contributed by atoms with Gasteiger partial charge in [-0.05, 0) is 32.2 Å². The molecular formula is C13H22N4O3S. The smallest absolute Gasteiger partial charge is 0.244 e. The van der Waals surface area contributed by atoms with Crippen LogP contribution in [0.2, 0.25) is 0 Å². The molecule has 2 N–H and O–H groups in total. The van der Waals surface area contributed by atoms with Crippen LogP contribution in [0.3, 0.4) is 0 Å². The predicted molar refractivity (Wildman–Crippen MR) is 77.3 cm³/mol. The molecule has 118 valence electrons. The lowest BCUT2D eigenvalue weighted by atomic mass is 10.1. The number of nitrogens with zero attached hydrogens (tertiary/aromatic N) is 2. The molecule has 0 spiro atoms. The van der Waals surface area contributed by atoms with Gasteiger partial charge in [-0.1, -0.05) is 0 Å². The molecule has 2 aliphatic rings. The van der Waals surface area contributed by atoms with Crippen LogP contribution in [-0.4, -0.2) is 50.5 Å². The van der Waals surface area contributed by atoms with Gasteiger partial charge in [-0.2, -0.15) is 5.10 Å². The molecular weight excluding hydrogens is 292 g/mol. The normalized spacial score (nSPS) is 26.3. The van der Waals surface area contributed by atoms with Crippen molar-refractivity contribution >= 4 is 10.0 Å². The van der Waals surface area contributed by atoms with Crippen LogP contribution in [0.15, 0.2) is 17.3 Å². The van der Waals surface area contributed by atoms with Gasteiger partial charge in [-0.25, -0.2) is 13.1 Å². The van der Waals surface area contributed by atoms with Crippen molar-refractivity contribution in [2.75, 3.05) is 20.2 Å². The molecule has 0 radical (unpaired) electrons. The molecule has 21 heavy (non-hydrogen) atoms. The molecule has 1 saturated carbocycles. The lowest BCUT2D eigenvalue weighted by Gasteiger charge is -2.18. The number of hydrogen-bond donors (Lipinski definition) is 2. The van der Waals surface area contributed by atoms with E-state index in [0.717, 1.165) is 25.8 Å². The van der Waals surface area contributed by atoms with Gasteiger partial charge in [-0.3, -0.25) is 4.68 Å². The maximum atomic E-state index is 12.4. The van der Waals surface area contributed by atoms with E-state index in [-0.39, 0.29) is 17.0 Å². The molecule has 1 aromatic rings. The fourth-order valence-electron chi connectivity index (χ4n) is 2.73. The van der Waals surface area contributed by atoms with Crippen molar-refractivity contribution in [3.8, 4) is 0 Å². The predicted octanol–water partition coefficient (Wildman–Crippen LogP) is -0.0517. The molecule has 2 unspecified atom stereocenters. The molecule has 1 aliphatic heterocycles. The zero-order valence-electron chi connectivity index (χ0n) is 12.2. The Morgan fingerprint density at radius 3 is 2.95 bits per heavy atom. The molecule has 2 atom stereocenters. The molecule has 7 nitrogen and oxygen atoms in total. The Morgan fingerprint density at radius 1 is 1.43 bits per heavy atom. The molecule has 3 rings (SSSR count). The number of aromatic nitrogens is 2. The summed E-state index contributed by atoms with van der Waals surface area (Å²) in [6.07, 6.45) is 6.05. The standard InChI is InChI=1S/C13H22N4O3S/c1-14-5-6-17-9-11(8-15-17)21(18,19)16-12-4-7-20-13(12)10-2-3-10/h8-10,12-14,16H,2-7H2,1H3. The van der Waals surface area contributed by atoms with Crippen molar-refractivity contribution < 1.29 is 13.2 Å². The number of sulfonamides is 1. The summed E-state index contributed by atoms with van der Waals surface area (Å²) >= 11 is 0. The van der Waals surface area contributed by atoms with Crippen LogP contribution in [0.1, 0.15) is 19.3 Å². The molecule has 1 aliphatic carbocycles. The van der Waals surface area contributed by atoms with Crippen LogP contribution in [0, 0.1) is 5.92 Å². The Hall–Kier alpha value is -0.960. The van der Waals surface area contributed by atoms with Gasteiger partial charge in [0.05, 0.1) is 24.9 Å². The topological polar surface area (TPSA) is 85.2 Å². The number of hydrogen-bond acceptors (Lipinski definition) is 5. The van der Waals surface area contributed by atoms with Gasteiger partial charge in [0.15, 0.2) is 0 Å². The quantitative estimate of drug-likeness (QED) is 0.737. The molecule has 2 heterocycles. The van der Waals surface area contributed by atoms with Gasteiger partial charge in [-0.15, -0.1) is 0 Å². The monoisotopic (exact) mass is 314 g/mol. The van der Waals surface area contributed by atoms with Crippen molar-refractivity contribution in [2.24, 2.45) is 5.92 Å². The third-order valence-corrected chi connectivity index (χ3v) is 5.48. The van der Waals surface area contributed by atoms with Crippen LogP contribution >= 0.6 is 0 Å². The Kier molecular flexibility index (Phi) is 4.30. The Labute approximate surface area is 125 Å². The van der Waals surface area contributed by atoms with Gasteiger partial charge in [0.25, 0.3) is 0 Å². The van der Waals surface area contributed by atoms with Crippen molar-refractivity contribution in [3.63, 3.8) is 0 Å². The van der Waals surface area contributed by atoms with E-state index in [9.17, 15) is 8.42 Å². The number of nitrogens with one attached hydrogen (secondary N) is 2. The minimum absolute atomic E-state index is 0.0408. The van der Waals surface area contributed by atoms with Crippen molar-refractivity contribution in [2.45, 2.75) is 42.8 Å². The summed E-state index contributed by atoms with van der Waals surface area (Å²) in [5.41, 5.74) is 0. The Bertz CT molecular complexity index is 582. The number of likely N-dealkylation sites (N-methyl/N-ethyl adjacent to an activating group) is 1. The number of ether oxygens (including phenoxy) is 1. The van der Waals surface area contributed by atoms with E-state index in [1.807, 2.05) is 7.05 Å². The summed E-state index contributed by atoms with van der Waals surface area (Å²) < 4.78 is 35.0. The Balaban J connectivity index is 1.66. The fraction of sp³-hybridized carbons (Fsp3) is 0.769. The highest BCUT2D eigenvalue weighted by atomic mass is 32.2. The summed E-state index contributed by atoms with van der Waals surface area (Å²) in [6, 6.07) is -0.108.